The van der Waals surface area contributed by atoms with Crippen LogP contribution in [0.5, 0.6) is 0 Å². The molecule has 0 aliphatic heterocycles. The Kier molecular flexibility index (Phi) is 3.39. The first-order valence-electron chi connectivity index (χ1n) is 7.36. The van der Waals surface area contributed by atoms with Crippen LogP contribution in [0.2, 0.25) is 0 Å². The maximum absolute atomic E-state index is 12.5. The van der Waals surface area contributed by atoms with Crippen molar-refractivity contribution in [2.24, 2.45) is 0 Å². The fourth-order valence-corrected chi connectivity index (χ4v) is 3.27. The third-order valence-electron chi connectivity index (χ3n) is 3.53. The lowest BCUT2D eigenvalue weighted by atomic mass is 10.3. The molecule has 0 spiro atoms. The van der Waals surface area contributed by atoms with Crippen LogP contribution >= 0.6 is 11.3 Å². The van der Waals surface area contributed by atoms with Crippen LogP contribution < -0.4 is 5.32 Å². The molecule has 7 nitrogen and oxygen atoms in total. The zero-order valence-corrected chi connectivity index (χ0v) is 13.9. The normalized spacial score (nSPS) is 11.1. The van der Waals surface area contributed by atoms with Gasteiger partial charge in [0.1, 0.15) is 5.82 Å². The second-order valence-corrected chi connectivity index (χ2v) is 6.67. The number of aromatic amines is 1. The summed E-state index contributed by atoms with van der Waals surface area (Å²) in [5.41, 5.74) is 2.36. The Morgan fingerprint density at radius 1 is 1.29 bits per heavy atom. The van der Waals surface area contributed by atoms with Crippen molar-refractivity contribution in [3.8, 4) is 10.6 Å². The first-order chi connectivity index (χ1) is 11.6. The molecule has 1 amide bonds. The van der Waals surface area contributed by atoms with E-state index in [1.54, 1.807) is 40.2 Å². The van der Waals surface area contributed by atoms with Crippen LogP contribution in [0.1, 0.15) is 21.2 Å². The molecule has 0 saturated carbocycles. The Morgan fingerprint density at radius 2 is 2.17 bits per heavy atom. The van der Waals surface area contributed by atoms with Crippen LogP contribution in [-0.2, 0) is 0 Å². The van der Waals surface area contributed by atoms with Crippen molar-refractivity contribution in [3.05, 3.63) is 52.9 Å². The Balaban J connectivity index is 1.61. The summed E-state index contributed by atoms with van der Waals surface area (Å²) in [6.45, 7) is 3.85. The summed E-state index contributed by atoms with van der Waals surface area (Å²) in [5.74, 6) is 0.353. The minimum absolute atomic E-state index is 0.292. The molecule has 0 fully saturated rings. The Labute approximate surface area is 141 Å². The topological polar surface area (TPSA) is 88.0 Å². The van der Waals surface area contributed by atoms with Crippen LogP contribution in [0.4, 0.5) is 5.69 Å². The number of H-pyrrole nitrogens is 1. The maximum atomic E-state index is 12.5. The molecule has 4 rings (SSSR count). The number of nitrogens with zero attached hydrogens (tertiary/aromatic N) is 4. The lowest BCUT2D eigenvalue weighted by Crippen LogP contribution is -2.13. The molecule has 0 bridgehead atoms. The molecule has 0 unspecified atom stereocenters. The number of thiophene rings is 1. The number of carbonyl (C=O) groups excluding carboxylic acids is 1. The number of aromatic nitrogens is 5. The van der Waals surface area contributed by atoms with Crippen molar-refractivity contribution in [2.45, 2.75) is 13.8 Å². The van der Waals surface area contributed by atoms with E-state index < -0.39 is 0 Å². The number of hydrogen-bond donors (Lipinski definition) is 2. The number of anilines is 1. The fourth-order valence-electron chi connectivity index (χ4n) is 2.44. The van der Waals surface area contributed by atoms with Crippen molar-refractivity contribution in [1.82, 2.24) is 24.8 Å². The number of carbonyl (C=O) groups is 1. The van der Waals surface area contributed by atoms with Gasteiger partial charge in [-0.3, -0.25) is 9.89 Å². The van der Waals surface area contributed by atoms with Gasteiger partial charge < -0.3 is 5.32 Å². The number of pyridine rings is 1. The van der Waals surface area contributed by atoms with Crippen molar-refractivity contribution in [2.75, 3.05) is 5.32 Å². The third-order valence-corrected chi connectivity index (χ3v) is 4.57. The van der Waals surface area contributed by atoms with Crippen LogP contribution in [0.3, 0.4) is 0 Å². The van der Waals surface area contributed by atoms with E-state index in [0.29, 0.717) is 22.9 Å². The molecule has 8 heteroatoms. The maximum Gasteiger partial charge on any atom is 0.276 e. The van der Waals surface area contributed by atoms with Gasteiger partial charge in [0.2, 0.25) is 0 Å². The predicted octanol–water partition coefficient (Wildman–Crippen LogP) is 3.05. The summed E-state index contributed by atoms with van der Waals surface area (Å²) < 4.78 is 1.63. The SMILES string of the molecule is Cc1nc2c(NC(=O)c3cc(-c4ccc(C)s4)[nH]n3)cccn2n1. The van der Waals surface area contributed by atoms with Gasteiger partial charge in [-0.15, -0.1) is 11.3 Å². The van der Waals surface area contributed by atoms with Gasteiger partial charge in [-0.25, -0.2) is 9.50 Å². The van der Waals surface area contributed by atoms with Crippen LogP contribution in [0.15, 0.2) is 36.5 Å². The minimum atomic E-state index is -0.292. The molecule has 4 aromatic heterocycles. The van der Waals surface area contributed by atoms with E-state index in [1.165, 1.54) is 4.88 Å². The average molecular weight is 338 g/mol. The van der Waals surface area contributed by atoms with E-state index in [-0.39, 0.29) is 5.91 Å². The first-order valence-corrected chi connectivity index (χ1v) is 8.17. The molecule has 0 aliphatic rings. The monoisotopic (exact) mass is 338 g/mol. The number of hydrogen-bond acceptors (Lipinski definition) is 5. The zero-order valence-electron chi connectivity index (χ0n) is 13.1. The summed E-state index contributed by atoms with van der Waals surface area (Å²) >= 11 is 1.65. The van der Waals surface area contributed by atoms with Gasteiger partial charge >= 0.3 is 0 Å². The second-order valence-electron chi connectivity index (χ2n) is 5.38. The van der Waals surface area contributed by atoms with Crippen LogP contribution in [-0.4, -0.2) is 30.7 Å². The van der Waals surface area contributed by atoms with E-state index in [2.05, 4.69) is 25.6 Å². The first kappa shape index (κ1) is 14.6. The Morgan fingerprint density at radius 3 is 2.96 bits per heavy atom. The lowest BCUT2D eigenvalue weighted by Gasteiger charge is -2.03. The van der Waals surface area contributed by atoms with Gasteiger partial charge in [-0.2, -0.15) is 10.2 Å². The number of fused-ring (bicyclic) bond motifs is 1. The van der Waals surface area contributed by atoms with Crippen molar-refractivity contribution >= 4 is 28.6 Å². The molecule has 4 heterocycles. The average Bonchev–Trinajstić information content (AvgIpc) is 3.25. The number of amides is 1. The summed E-state index contributed by atoms with van der Waals surface area (Å²) in [4.78, 5) is 19.1. The molecule has 4 aromatic rings. The molecule has 0 atom stereocenters. The van der Waals surface area contributed by atoms with E-state index in [4.69, 9.17) is 0 Å². The summed E-state index contributed by atoms with van der Waals surface area (Å²) in [6.07, 6.45) is 1.79. The minimum Gasteiger partial charge on any atom is -0.317 e. The zero-order chi connectivity index (χ0) is 16.7. The number of aryl methyl sites for hydroxylation is 2. The van der Waals surface area contributed by atoms with Crippen molar-refractivity contribution in [3.63, 3.8) is 0 Å². The molecule has 0 aromatic carbocycles. The molecule has 24 heavy (non-hydrogen) atoms. The van der Waals surface area contributed by atoms with Gasteiger partial charge in [0.25, 0.3) is 5.91 Å². The number of rotatable bonds is 3. The van der Waals surface area contributed by atoms with Gasteiger partial charge in [0.15, 0.2) is 11.3 Å². The van der Waals surface area contributed by atoms with E-state index in [9.17, 15) is 4.79 Å². The number of nitrogens with one attached hydrogen (secondary N) is 2. The van der Waals surface area contributed by atoms with Gasteiger partial charge in [-0.1, -0.05) is 0 Å². The quantitative estimate of drug-likeness (QED) is 0.601. The van der Waals surface area contributed by atoms with E-state index >= 15 is 0 Å². The largest absolute Gasteiger partial charge is 0.317 e. The van der Waals surface area contributed by atoms with E-state index in [1.807, 2.05) is 26.0 Å². The fraction of sp³-hybridized carbons (Fsp3) is 0.125. The van der Waals surface area contributed by atoms with Gasteiger partial charge in [0, 0.05) is 11.1 Å². The predicted molar refractivity (Wildman–Crippen MR) is 92.3 cm³/mol. The van der Waals surface area contributed by atoms with Crippen LogP contribution in [0.25, 0.3) is 16.2 Å². The molecule has 0 saturated heterocycles. The molecule has 0 radical (unpaired) electrons. The Bertz CT molecular complexity index is 1040. The molecule has 2 N–H and O–H groups in total. The van der Waals surface area contributed by atoms with Crippen LogP contribution in [0, 0.1) is 13.8 Å². The molecular formula is C16H14N6OS. The standard InChI is InChI=1S/C16H14N6OS/c1-9-5-6-14(24-9)12-8-13(20-19-12)16(23)18-11-4-3-7-22-15(11)17-10(2)21-22/h3-8H,1-2H3,(H,18,23)(H,19,20). The van der Waals surface area contributed by atoms with Crippen molar-refractivity contribution < 1.29 is 4.79 Å². The highest BCUT2D eigenvalue weighted by atomic mass is 32.1. The highest BCUT2D eigenvalue weighted by Gasteiger charge is 2.15. The third kappa shape index (κ3) is 2.56. The van der Waals surface area contributed by atoms with E-state index in [0.717, 1.165) is 10.6 Å². The molecular weight excluding hydrogens is 324 g/mol. The molecule has 120 valence electrons. The molecule has 0 aliphatic carbocycles. The highest BCUT2D eigenvalue weighted by molar-refractivity contribution is 7.15. The smallest absolute Gasteiger partial charge is 0.276 e. The van der Waals surface area contributed by atoms with Gasteiger partial charge in [0.05, 0.1) is 16.3 Å². The van der Waals surface area contributed by atoms with Crippen molar-refractivity contribution in [1.29, 1.82) is 0 Å². The second kappa shape index (κ2) is 5.57. The summed E-state index contributed by atoms with van der Waals surface area (Å²) in [7, 11) is 0. The lowest BCUT2D eigenvalue weighted by molar-refractivity contribution is 0.102. The Hall–Kier alpha value is -3.00. The summed E-state index contributed by atoms with van der Waals surface area (Å²) in [6, 6.07) is 9.39. The van der Waals surface area contributed by atoms with Gasteiger partial charge in [-0.05, 0) is 44.2 Å². The summed E-state index contributed by atoms with van der Waals surface area (Å²) in [5, 5.41) is 14.1. The highest BCUT2D eigenvalue weighted by Crippen LogP contribution is 2.26.